The van der Waals surface area contributed by atoms with Crippen LogP contribution in [0.4, 0.5) is 8.78 Å². The molecule has 3 rings (SSSR count). The van der Waals surface area contributed by atoms with Crippen LogP contribution in [0.5, 0.6) is 0 Å². The maximum atomic E-state index is 13.3. The van der Waals surface area contributed by atoms with Crippen LogP contribution in [-0.4, -0.2) is 5.11 Å². The third kappa shape index (κ3) is 2.08. The van der Waals surface area contributed by atoms with Crippen molar-refractivity contribution in [1.29, 1.82) is 0 Å². The van der Waals surface area contributed by atoms with Crippen LogP contribution >= 0.6 is 0 Å². The molecule has 0 bridgehead atoms. The van der Waals surface area contributed by atoms with Crippen molar-refractivity contribution in [1.82, 2.24) is 0 Å². The lowest BCUT2D eigenvalue weighted by Crippen LogP contribution is -2.22. The van der Waals surface area contributed by atoms with Crippen LogP contribution in [0.2, 0.25) is 0 Å². The van der Waals surface area contributed by atoms with Gasteiger partial charge < -0.3 is 9.52 Å². The molecule has 2 nitrogen and oxygen atoms in total. The number of fused-ring (bicyclic) bond motifs is 1. The Bertz CT molecular complexity index is 775. The summed E-state index contributed by atoms with van der Waals surface area (Å²) in [5.41, 5.74) is -0.646. The third-order valence-corrected chi connectivity index (χ3v) is 3.34. The Labute approximate surface area is 114 Å². The van der Waals surface area contributed by atoms with E-state index in [0.717, 1.165) is 0 Å². The van der Waals surface area contributed by atoms with Crippen molar-refractivity contribution in [2.45, 2.75) is 12.5 Å². The molecule has 1 heterocycles. The summed E-state index contributed by atoms with van der Waals surface area (Å²) in [7, 11) is 0. The van der Waals surface area contributed by atoms with Crippen LogP contribution in [0.25, 0.3) is 11.0 Å². The largest absolute Gasteiger partial charge is 0.458 e. The average Bonchev–Trinajstić information content (AvgIpc) is 2.82. The Morgan fingerprint density at radius 2 is 1.75 bits per heavy atom. The molecule has 20 heavy (non-hydrogen) atoms. The lowest BCUT2D eigenvalue weighted by atomic mass is 9.93. The van der Waals surface area contributed by atoms with Crippen LogP contribution in [0.15, 0.2) is 52.9 Å². The number of furan rings is 1. The van der Waals surface area contributed by atoms with Crippen molar-refractivity contribution in [2.75, 3.05) is 0 Å². The summed E-state index contributed by atoms with van der Waals surface area (Å²) < 4.78 is 32.0. The molecule has 0 saturated carbocycles. The van der Waals surface area contributed by atoms with Gasteiger partial charge in [-0.2, -0.15) is 0 Å². The number of aliphatic hydroxyl groups is 1. The Kier molecular flexibility index (Phi) is 2.83. The van der Waals surface area contributed by atoms with E-state index >= 15 is 0 Å². The zero-order chi connectivity index (χ0) is 14.3. The summed E-state index contributed by atoms with van der Waals surface area (Å²) in [4.78, 5) is 0. The molecule has 2 aromatic carbocycles. The quantitative estimate of drug-likeness (QED) is 0.767. The molecule has 1 aromatic heterocycles. The molecule has 4 heteroatoms. The molecule has 0 aliphatic rings. The molecule has 102 valence electrons. The van der Waals surface area contributed by atoms with E-state index in [0.29, 0.717) is 16.5 Å². The van der Waals surface area contributed by atoms with Crippen molar-refractivity contribution < 1.29 is 18.3 Å². The molecule has 0 amide bonds. The Hall–Kier alpha value is -2.20. The topological polar surface area (TPSA) is 33.4 Å². The second-order valence-electron chi connectivity index (χ2n) is 4.88. The van der Waals surface area contributed by atoms with Gasteiger partial charge in [0, 0.05) is 5.39 Å². The Balaban J connectivity index is 2.13. The van der Waals surface area contributed by atoms with Gasteiger partial charge in [-0.3, -0.25) is 0 Å². The number of benzene rings is 2. The van der Waals surface area contributed by atoms with E-state index < -0.39 is 11.4 Å². The van der Waals surface area contributed by atoms with Crippen molar-refractivity contribution in [3.63, 3.8) is 0 Å². The van der Waals surface area contributed by atoms with E-state index in [4.69, 9.17) is 4.42 Å². The molecule has 0 saturated heterocycles. The van der Waals surface area contributed by atoms with Gasteiger partial charge in [0.25, 0.3) is 0 Å². The summed E-state index contributed by atoms with van der Waals surface area (Å²) in [6, 6.07) is 11.3. The van der Waals surface area contributed by atoms with E-state index in [2.05, 4.69) is 0 Å². The van der Waals surface area contributed by atoms with Gasteiger partial charge in [0.05, 0.1) is 0 Å². The highest BCUT2D eigenvalue weighted by atomic mass is 19.1. The fourth-order valence-corrected chi connectivity index (χ4v) is 2.19. The summed E-state index contributed by atoms with van der Waals surface area (Å²) in [5.74, 6) is -0.580. The number of rotatable bonds is 2. The van der Waals surface area contributed by atoms with Gasteiger partial charge in [-0.15, -0.1) is 0 Å². The molecule has 3 aromatic rings. The van der Waals surface area contributed by atoms with E-state index in [1.165, 1.54) is 43.3 Å². The second-order valence-corrected chi connectivity index (χ2v) is 4.88. The Morgan fingerprint density at radius 1 is 1.00 bits per heavy atom. The Morgan fingerprint density at radius 3 is 2.50 bits per heavy atom. The van der Waals surface area contributed by atoms with E-state index in [-0.39, 0.29) is 11.6 Å². The normalized spacial score (nSPS) is 14.4. The fourth-order valence-electron chi connectivity index (χ4n) is 2.19. The molecule has 0 aliphatic heterocycles. The standard InChI is InChI=1S/C16H12F2O2/c1-16(19,11-3-2-4-12(17)9-11)15-8-10-7-13(18)5-6-14(10)20-15/h2-9,19H,1H3. The molecule has 1 unspecified atom stereocenters. The van der Waals surface area contributed by atoms with Crippen molar-refractivity contribution >= 4 is 11.0 Å². The minimum Gasteiger partial charge on any atom is -0.458 e. The van der Waals surface area contributed by atoms with E-state index in [1.807, 2.05) is 0 Å². The number of hydrogen-bond donors (Lipinski definition) is 1. The highest BCUT2D eigenvalue weighted by Gasteiger charge is 2.30. The molecular weight excluding hydrogens is 262 g/mol. The van der Waals surface area contributed by atoms with Gasteiger partial charge in [0.15, 0.2) is 0 Å². The monoisotopic (exact) mass is 274 g/mol. The molecule has 0 aliphatic carbocycles. The molecular formula is C16H12F2O2. The number of hydrogen-bond acceptors (Lipinski definition) is 2. The average molecular weight is 274 g/mol. The molecule has 1 atom stereocenters. The molecule has 0 fully saturated rings. The van der Waals surface area contributed by atoms with Gasteiger partial charge in [0.2, 0.25) is 0 Å². The van der Waals surface area contributed by atoms with Gasteiger partial charge in [0.1, 0.15) is 28.6 Å². The van der Waals surface area contributed by atoms with Crippen LogP contribution in [0.1, 0.15) is 18.2 Å². The van der Waals surface area contributed by atoms with Gasteiger partial charge in [-0.1, -0.05) is 12.1 Å². The van der Waals surface area contributed by atoms with Crippen LogP contribution in [-0.2, 0) is 5.60 Å². The van der Waals surface area contributed by atoms with E-state index in [1.54, 1.807) is 12.1 Å². The third-order valence-electron chi connectivity index (χ3n) is 3.34. The minimum atomic E-state index is -1.49. The lowest BCUT2D eigenvalue weighted by molar-refractivity contribution is 0.0783. The first-order valence-corrected chi connectivity index (χ1v) is 6.15. The van der Waals surface area contributed by atoms with Crippen LogP contribution in [0, 0.1) is 11.6 Å². The first-order chi connectivity index (χ1) is 9.46. The summed E-state index contributed by atoms with van der Waals surface area (Å²) >= 11 is 0. The molecule has 0 spiro atoms. The SMILES string of the molecule is CC(O)(c1cccc(F)c1)c1cc2cc(F)ccc2o1. The van der Waals surface area contributed by atoms with Gasteiger partial charge >= 0.3 is 0 Å². The maximum absolute atomic E-state index is 13.3. The lowest BCUT2D eigenvalue weighted by Gasteiger charge is -2.21. The molecule has 1 N–H and O–H groups in total. The van der Waals surface area contributed by atoms with Gasteiger partial charge in [-0.05, 0) is 48.9 Å². The predicted molar refractivity (Wildman–Crippen MR) is 71.2 cm³/mol. The van der Waals surface area contributed by atoms with Crippen molar-refractivity contribution in [3.8, 4) is 0 Å². The highest BCUT2D eigenvalue weighted by Crippen LogP contribution is 2.33. The second kappa shape index (κ2) is 4.42. The summed E-state index contributed by atoms with van der Waals surface area (Å²) in [6.45, 7) is 1.51. The zero-order valence-corrected chi connectivity index (χ0v) is 10.7. The van der Waals surface area contributed by atoms with Gasteiger partial charge in [-0.25, -0.2) is 8.78 Å². The summed E-state index contributed by atoms with van der Waals surface area (Å²) in [6.07, 6.45) is 0. The van der Waals surface area contributed by atoms with Crippen LogP contribution < -0.4 is 0 Å². The molecule has 0 radical (unpaired) electrons. The fraction of sp³-hybridized carbons (Fsp3) is 0.125. The predicted octanol–water partition coefficient (Wildman–Crippen LogP) is 3.97. The van der Waals surface area contributed by atoms with Crippen LogP contribution in [0.3, 0.4) is 0 Å². The summed E-state index contributed by atoms with van der Waals surface area (Å²) in [5, 5.41) is 11.2. The first kappa shape index (κ1) is 12.8. The maximum Gasteiger partial charge on any atom is 0.144 e. The van der Waals surface area contributed by atoms with E-state index in [9.17, 15) is 13.9 Å². The minimum absolute atomic E-state index is 0.240. The zero-order valence-electron chi connectivity index (χ0n) is 10.7. The highest BCUT2D eigenvalue weighted by molar-refractivity contribution is 5.78. The van der Waals surface area contributed by atoms with Crippen molar-refractivity contribution in [3.05, 3.63) is 71.5 Å². The van der Waals surface area contributed by atoms with Crippen molar-refractivity contribution in [2.24, 2.45) is 0 Å². The number of halogens is 2. The smallest absolute Gasteiger partial charge is 0.144 e. The first-order valence-electron chi connectivity index (χ1n) is 6.15.